The van der Waals surface area contributed by atoms with Crippen molar-refractivity contribution in [3.63, 3.8) is 0 Å². The Labute approximate surface area is 153 Å². The molecule has 2 N–H and O–H groups in total. The van der Waals surface area contributed by atoms with Crippen molar-refractivity contribution in [1.29, 1.82) is 0 Å². The van der Waals surface area contributed by atoms with Crippen molar-refractivity contribution in [1.82, 2.24) is 5.32 Å². The van der Waals surface area contributed by atoms with E-state index < -0.39 is 12.0 Å². The van der Waals surface area contributed by atoms with E-state index in [2.05, 4.69) is 24.9 Å². The molecule has 0 spiro atoms. The summed E-state index contributed by atoms with van der Waals surface area (Å²) in [6.07, 6.45) is 15.9. The number of unbranched alkanes of at least 4 members (excludes halogenated alkanes) is 11. The molecule has 0 aromatic heterocycles. The van der Waals surface area contributed by atoms with E-state index in [-0.39, 0.29) is 5.91 Å². The van der Waals surface area contributed by atoms with Gasteiger partial charge in [-0.1, -0.05) is 77.6 Å². The molecular formula is C19H37NO3S. The van der Waals surface area contributed by atoms with E-state index in [4.69, 9.17) is 5.11 Å². The van der Waals surface area contributed by atoms with Gasteiger partial charge in [-0.2, -0.15) is 12.6 Å². The highest BCUT2D eigenvalue weighted by molar-refractivity contribution is 7.80. The Hall–Kier alpha value is -0.710. The number of aliphatic carboxylic acids is 1. The van der Waals surface area contributed by atoms with Crippen LogP contribution in [0, 0.1) is 0 Å². The van der Waals surface area contributed by atoms with Gasteiger partial charge in [0.25, 0.3) is 0 Å². The third-order valence-electron chi connectivity index (χ3n) is 4.31. The summed E-state index contributed by atoms with van der Waals surface area (Å²) in [4.78, 5) is 22.7. The first-order valence-electron chi connectivity index (χ1n) is 9.74. The van der Waals surface area contributed by atoms with Gasteiger partial charge in [0.15, 0.2) is 0 Å². The SMILES string of the molecule is CCCCCCCCCCCCCCC(=O)NC(CCS)C(=O)O. The Morgan fingerprint density at radius 1 is 0.875 bits per heavy atom. The molecule has 24 heavy (non-hydrogen) atoms. The van der Waals surface area contributed by atoms with Gasteiger partial charge in [0.05, 0.1) is 0 Å². The monoisotopic (exact) mass is 359 g/mol. The van der Waals surface area contributed by atoms with Crippen LogP contribution >= 0.6 is 12.6 Å². The molecule has 0 aliphatic carbocycles. The Morgan fingerprint density at radius 3 is 1.75 bits per heavy atom. The van der Waals surface area contributed by atoms with Gasteiger partial charge in [-0.15, -0.1) is 0 Å². The quantitative estimate of drug-likeness (QED) is 0.254. The number of carboxylic acid groups (broad SMARTS) is 1. The largest absolute Gasteiger partial charge is 0.480 e. The van der Waals surface area contributed by atoms with Crippen LogP contribution in [0.3, 0.4) is 0 Å². The highest BCUT2D eigenvalue weighted by Gasteiger charge is 2.18. The maximum atomic E-state index is 11.7. The van der Waals surface area contributed by atoms with Crippen LogP contribution in [0.2, 0.25) is 0 Å². The van der Waals surface area contributed by atoms with E-state index in [0.29, 0.717) is 18.6 Å². The number of carbonyl (C=O) groups is 2. The second kappa shape index (κ2) is 17.1. The minimum atomic E-state index is -0.980. The number of hydrogen-bond donors (Lipinski definition) is 3. The van der Waals surface area contributed by atoms with Gasteiger partial charge in [-0.3, -0.25) is 4.79 Å². The fraction of sp³-hybridized carbons (Fsp3) is 0.895. The smallest absolute Gasteiger partial charge is 0.326 e. The van der Waals surface area contributed by atoms with Crippen molar-refractivity contribution >= 4 is 24.5 Å². The fourth-order valence-electron chi connectivity index (χ4n) is 2.78. The van der Waals surface area contributed by atoms with E-state index in [1.54, 1.807) is 0 Å². The molecule has 5 heteroatoms. The number of carboxylic acids is 1. The molecule has 0 aliphatic heterocycles. The molecule has 0 saturated heterocycles. The van der Waals surface area contributed by atoms with Gasteiger partial charge in [-0.25, -0.2) is 4.79 Å². The van der Waals surface area contributed by atoms with Gasteiger partial charge >= 0.3 is 5.97 Å². The molecule has 0 saturated carbocycles. The van der Waals surface area contributed by atoms with E-state index in [0.717, 1.165) is 12.8 Å². The number of carbonyl (C=O) groups excluding carboxylic acids is 1. The van der Waals surface area contributed by atoms with Gasteiger partial charge < -0.3 is 10.4 Å². The van der Waals surface area contributed by atoms with Crippen LogP contribution in [-0.4, -0.2) is 28.8 Å². The highest BCUT2D eigenvalue weighted by Crippen LogP contribution is 2.12. The summed E-state index contributed by atoms with van der Waals surface area (Å²) in [5.41, 5.74) is 0. The minimum Gasteiger partial charge on any atom is -0.480 e. The highest BCUT2D eigenvalue weighted by atomic mass is 32.1. The lowest BCUT2D eigenvalue weighted by molar-refractivity contribution is -0.141. The Kier molecular flexibility index (Phi) is 16.6. The second-order valence-corrected chi connectivity index (χ2v) is 7.06. The van der Waals surface area contributed by atoms with Crippen molar-refractivity contribution in [2.24, 2.45) is 0 Å². The van der Waals surface area contributed by atoms with Crippen LogP contribution in [0.1, 0.15) is 96.8 Å². The van der Waals surface area contributed by atoms with Crippen molar-refractivity contribution in [2.45, 2.75) is 103 Å². The maximum Gasteiger partial charge on any atom is 0.326 e. The molecule has 142 valence electrons. The molecule has 1 atom stereocenters. The Balaban J connectivity index is 3.40. The summed E-state index contributed by atoms with van der Waals surface area (Å²) >= 11 is 4.02. The van der Waals surface area contributed by atoms with Crippen molar-refractivity contribution in [3.8, 4) is 0 Å². The zero-order valence-electron chi connectivity index (χ0n) is 15.4. The van der Waals surface area contributed by atoms with E-state index in [1.165, 1.54) is 64.2 Å². The molecule has 0 radical (unpaired) electrons. The first-order chi connectivity index (χ1) is 11.6. The third kappa shape index (κ3) is 14.9. The Bertz CT molecular complexity index is 324. The molecule has 0 aromatic rings. The summed E-state index contributed by atoms with van der Waals surface area (Å²) in [5.74, 6) is -0.682. The molecule has 0 fully saturated rings. The lowest BCUT2D eigenvalue weighted by atomic mass is 10.0. The molecule has 0 aromatic carbocycles. The molecule has 0 rings (SSSR count). The number of hydrogen-bond acceptors (Lipinski definition) is 3. The van der Waals surface area contributed by atoms with Gasteiger partial charge in [0, 0.05) is 6.42 Å². The predicted octanol–water partition coefficient (Wildman–Crippen LogP) is 4.97. The second-order valence-electron chi connectivity index (χ2n) is 6.61. The lowest BCUT2D eigenvalue weighted by Gasteiger charge is -2.13. The number of thiol groups is 1. The zero-order chi connectivity index (χ0) is 18.0. The normalized spacial score (nSPS) is 12.1. The number of amides is 1. The van der Waals surface area contributed by atoms with Crippen molar-refractivity contribution < 1.29 is 14.7 Å². The third-order valence-corrected chi connectivity index (χ3v) is 4.57. The van der Waals surface area contributed by atoms with Gasteiger partial charge in [0.1, 0.15) is 6.04 Å². The van der Waals surface area contributed by atoms with Gasteiger partial charge in [0.2, 0.25) is 5.91 Å². The van der Waals surface area contributed by atoms with E-state index in [1.807, 2.05) is 0 Å². The first kappa shape index (κ1) is 23.3. The molecule has 0 bridgehead atoms. The van der Waals surface area contributed by atoms with E-state index in [9.17, 15) is 9.59 Å². The zero-order valence-corrected chi connectivity index (χ0v) is 16.3. The van der Waals surface area contributed by atoms with Crippen LogP contribution in [0.25, 0.3) is 0 Å². The summed E-state index contributed by atoms with van der Waals surface area (Å²) in [7, 11) is 0. The maximum absolute atomic E-state index is 11.7. The average Bonchev–Trinajstić information content (AvgIpc) is 2.55. The molecule has 1 unspecified atom stereocenters. The summed E-state index contributed by atoms with van der Waals surface area (Å²) in [6, 6.07) is -0.799. The summed E-state index contributed by atoms with van der Waals surface area (Å²) in [6.45, 7) is 2.25. The predicted molar refractivity (Wildman–Crippen MR) is 104 cm³/mol. The Morgan fingerprint density at radius 2 is 1.33 bits per heavy atom. The number of rotatable bonds is 17. The fourth-order valence-corrected chi connectivity index (χ4v) is 3.04. The number of nitrogens with one attached hydrogen (secondary N) is 1. The molecule has 1 amide bonds. The molecule has 0 aliphatic rings. The average molecular weight is 360 g/mol. The van der Waals surface area contributed by atoms with Crippen LogP contribution < -0.4 is 5.32 Å². The van der Waals surface area contributed by atoms with Crippen LogP contribution in [0.4, 0.5) is 0 Å². The lowest BCUT2D eigenvalue weighted by Crippen LogP contribution is -2.40. The summed E-state index contributed by atoms with van der Waals surface area (Å²) < 4.78 is 0. The summed E-state index contributed by atoms with van der Waals surface area (Å²) in [5, 5.41) is 11.5. The molecular weight excluding hydrogens is 322 g/mol. The topological polar surface area (TPSA) is 66.4 Å². The van der Waals surface area contributed by atoms with Crippen molar-refractivity contribution in [2.75, 3.05) is 5.75 Å². The van der Waals surface area contributed by atoms with Gasteiger partial charge in [-0.05, 0) is 18.6 Å². The molecule has 0 heterocycles. The van der Waals surface area contributed by atoms with Crippen LogP contribution in [0.15, 0.2) is 0 Å². The minimum absolute atomic E-state index is 0.156. The standard InChI is InChI=1S/C19H37NO3S/c1-2-3-4-5-6-7-8-9-10-11-12-13-14-18(21)20-17(15-16-24)19(22)23/h17,24H,2-16H2,1H3,(H,20,21)(H,22,23). The van der Waals surface area contributed by atoms with E-state index >= 15 is 0 Å². The van der Waals surface area contributed by atoms with Crippen LogP contribution in [-0.2, 0) is 9.59 Å². The van der Waals surface area contributed by atoms with Crippen molar-refractivity contribution in [3.05, 3.63) is 0 Å². The first-order valence-corrected chi connectivity index (χ1v) is 10.4. The molecule has 4 nitrogen and oxygen atoms in total. The van der Waals surface area contributed by atoms with Crippen LogP contribution in [0.5, 0.6) is 0 Å².